The van der Waals surface area contributed by atoms with Gasteiger partial charge in [0.05, 0.1) is 11.9 Å². The molecule has 2 heterocycles. The Labute approximate surface area is 97.9 Å². The molecule has 78 valence electrons. The molecule has 0 aromatic carbocycles. The molecule has 0 fully saturated rings. The second kappa shape index (κ2) is 4.64. The van der Waals surface area contributed by atoms with Crippen molar-refractivity contribution in [2.45, 2.75) is 13.5 Å². The lowest BCUT2D eigenvalue weighted by Gasteiger charge is -2.07. The Morgan fingerprint density at radius 3 is 3.07 bits per heavy atom. The van der Waals surface area contributed by atoms with Gasteiger partial charge in [0.1, 0.15) is 5.15 Å². The van der Waals surface area contributed by atoms with E-state index < -0.39 is 0 Å². The molecule has 4 heteroatoms. The van der Waals surface area contributed by atoms with Gasteiger partial charge < -0.3 is 5.32 Å². The Morgan fingerprint density at radius 1 is 1.53 bits per heavy atom. The van der Waals surface area contributed by atoms with Crippen molar-refractivity contribution < 1.29 is 0 Å². The van der Waals surface area contributed by atoms with Crippen molar-refractivity contribution in [3.8, 4) is 0 Å². The van der Waals surface area contributed by atoms with Crippen LogP contribution in [0.3, 0.4) is 0 Å². The van der Waals surface area contributed by atoms with E-state index in [1.54, 1.807) is 17.5 Å². The molecule has 2 rings (SSSR count). The summed E-state index contributed by atoms with van der Waals surface area (Å²) in [6, 6.07) is 6.02. The Balaban J connectivity index is 2.05. The number of aryl methyl sites for hydroxylation is 1. The minimum Gasteiger partial charge on any atom is -0.379 e. The maximum atomic E-state index is 5.78. The lowest BCUT2D eigenvalue weighted by molar-refractivity contribution is 1.16. The summed E-state index contributed by atoms with van der Waals surface area (Å²) < 4.78 is 0. The van der Waals surface area contributed by atoms with Crippen LogP contribution in [0, 0.1) is 6.92 Å². The first-order valence-electron chi connectivity index (χ1n) is 4.64. The molecule has 0 aliphatic heterocycles. The number of halogens is 1. The molecule has 2 nitrogen and oxygen atoms in total. The van der Waals surface area contributed by atoms with Gasteiger partial charge in [0.2, 0.25) is 0 Å². The fourth-order valence-corrected chi connectivity index (χ4v) is 2.16. The maximum absolute atomic E-state index is 5.78. The van der Waals surface area contributed by atoms with Crippen LogP contribution in [0.1, 0.15) is 10.4 Å². The molecular weight excluding hydrogens is 228 g/mol. The predicted octanol–water partition coefficient (Wildman–Crippen LogP) is 3.72. The predicted molar refractivity (Wildman–Crippen MR) is 65.6 cm³/mol. The first kappa shape index (κ1) is 10.5. The molecular formula is C11H11ClN2S. The lowest BCUT2D eigenvalue weighted by Crippen LogP contribution is -1.99. The van der Waals surface area contributed by atoms with Crippen LogP contribution in [-0.4, -0.2) is 4.98 Å². The van der Waals surface area contributed by atoms with E-state index in [0.717, 1.165) is 17.8 Å². The molecule has 0 saturated heterocycles. The van der Waals surface area contributed by atoms with Crippen LogP contribution in [-0.2, 0) is 6.54 Å². The molecule has 0 aliphatic rings. The van der Waals surface area contributed by atoms with Gasteiger partial charge in [0.15, 0.2) is 0 Å². The number of nitrogens with zero attached hydrogens (tertiary/aromatic N) is 1. The van der Waals surface area contributed by atoms with Gasteiger partial charge in [-0.15, -0.1) is 11.3 Å². The van der Waals surface area contributed by atoms with E-state index in [1.165, 1.54) is 4.88 Å². The van der Waals surface area contributed by atoms with Crippen LogP contribution in [0.2, 0.25) is 5.15 Å². The summed E-state index contributed by atoms with van der Waals surface area (Å²) in [6.45, 7) is 2.85. The molecule has 0 unspecified atom stereocenters. The summed E-state index contributed by atoms with van der Waals surface area (Å²) >= 11 is 7.52. The molecule has 0 bridgehead atoms. The molecule has 2 aromatic rings. The second-order valence-corrected chi connectivity index (χ2v) is 4.67. The molecule has 0 saturated carbocycles. The smallest absolute Gasteiger partial charge is 0.129 e. The van der Waals surface area contributed by atoms with E-state index in [2.05, 4.69) is 27.8 Å². The maximum Gasteiger partial charge on any atom is 0.129 e. The number of pyridine rings is 1. The average molecular weight is 239 g/mol. The molecule has 1 N–H and O–H groups in total. The van der Waals surface area contributed by atoms with Crippen LogP contribution < -0.4 is 5.32 Å². The fourth-order valence-electron chi connectivity index (χ4n) is 1.30. The van der Waals surface area contributed by atoms with Crippen LogP contribution >= 0.6 is 22.9 Å². The highest BCUT2D eigenvalue weighted by atomic mass is 35.5. The summed E-state index contributed by atoms with van der Waals surface area (Å²) in [6.07, 6.45) is 1.77. The second-order valence-electron chi connectivity index (χ2n) is 3.25. The largest absolute Gasteiger partial charge is 0.379 e. The number of hydrogen-bond acceptors (Lipinski definition) is 3. The number of nitrogens with one attached hydrogen (secondary N) is 1. The van der Waals surface area contributed by atoms with Gasteiger partial charge in [-0.05, 0) is 30.0 Å². The summed E-state index contributed by atoms with van der Waals surface area (Å²) in [4.78, 5) is 5.36. The van der Waals surface area contributed by atoms with Crippen molar-refractivity contribution in [2.24, 2.45) is 0 Å². The van der Waals surface area contributed by atoms with Gasteiger partial charge >= 0.3 is 0 Å². The highest BCUT2D eigenvalue weighted by Crippen LogP contribution is 2.18. The Kier molecular flexibility index (Phi) is 3.23. The lowest BCUT2D eigenvalue weighted by atomic mass is 10.2. The van der Waals surface area contributed by atoms with Gasteiger partial charge in [-0.25, -0.2) is 4.98 Å². The Hall–Kier alpha value is -1.06. The zero-order chi connectivity index (χ0) is 10.7. The van der Waals surface area contributed by atoms with E-state index in [-0.39, 0.29) is 0 Å². The first-order chi connectivity index (χ1) is 7.25. The minimum atomic E-state index is 0.536. The van der Waals surface area contributed by atoms with Crippen molar-refractivity contribution in [1.29, 1.82) is 0 Å². The standard InChI is InChI=1S/C11H11ClN2S/c1-8-5-11(12)14-7-10(8)13-6-9-3-2-4-15-9/h2-5,7,13H,6H2,1H3. The zero-order valence-electron chi connectivity index (χ0n) is 8.33. The van der Waals surface area contributed by atoms with Crippen molar-refractivity contribution in [2.75, 3.05) is 5.32 Å². The number of hydrogen-bond donors (Lipinski definition) is 1. The van der Waals surface area contributed by atoms with Crippen molar-refractivity contribution in [3.05, 3.63) is 45.4 Å². The van der Waals surface area contributed by atoms with Crippen molar-refractivity contribution in [3.63, 3.8) is 0 Å². The van der Waals surface area contributed by atoms with Gasteiger partial charge in [-0.3, -0.25) is 0 Å². The van der Waals surface area contributed by atoms with Gasteiger partial charge in [0, 0.05) is 11.4 Å². The average Bonchev–Trinajstić information content (AvgIpc) is 2.69. The van der Waals surface area contributed by atoms with Crippen LogP contribution in [0.25, 0.3) is 0 Å². The van der Waals surface area contributed by atoms with Gasteiger partial charge in [0.25, 0.3) is 0 Å². The number of aromatic nitrogens is 1. The molecule has 0 amide bonds. The minimum absolute atomic E-state index is 0.536. The third-order valence-electron chi connectivity index (χ3n) is 2.11. The molecule has 0 spiro atoms. The van der Waals surface area contributed by atoms with E-state index >= 15 is 0 Å². The van der Waals surface area contributed by atoms with Crippen LogP contribution in [0.4, 0.5) is 5.69 Å². The Morgan fingerprint density at radius 2 is 2.40 bits per heavy atom. The van der Waals surface area contributed by atoms with Crippen LogP contribution in [0.15, 0.2) is 29.8 Å². The van der Waals surface area contributed by atoms with E-state index in [4.69, 9.17) is 11.6 Å². The van der Waals surface area contributed by atoms with E-state index in [9.17, 15) is 0 Å². The Bertz CT molecular complexity index is 440. The van der Waals surface area contributed by atoms with Crippen molar-refractivity contribution in [1.82, 2.24) is 4.98 Å². The normalized spacial score (nSPS) is 10.3. The number of rotatable bonds is 3. The molecule has 15 heavy (non-hydrogen) atoms. The number of anilines is 1. The third kappa shape index (κ3) is 2.70. The summed E-state index contributed by atoms with van der Waals surface area (Å²) in [5.74, 6) is 0. The summed E-state index contributed by atoms with van der Waals surface area (Å²) in [7, 11) is 0. The van der Waals surface area contributed by atoms with Crippen molar-refractivity contribution >= 4 is 28.6 Å². The number of thiophene rings is 1. The summed E-state index contributed by atoms with van der Waals surface area (Å²) in [5.41, 5.74) is 2.15. The fraction of sp³-hybridized carbons (Fsp3) is 0.182. The first-order valence-corrected chi connectivity index (χ1v) is 5.90. The van der Waals surface area contributed by atoms with Gasteiger partial charge in [-0.2, -0.15) is 0 Å². The molecule has 0 aliphatic carbocycles. The molecule has 2 aromatic heterocycles. The topological polar surface area (TPSA) is 24.9 Å². The molecule has 0 atom stereocenters. The third-order valence-corrected chi connectivity index (χ3v) is 3.19. The van der Waals surface area contributed by atoms with Crippen LogP contribution in [0.5, 0.6) is 0 Å². The van der Waals surface area contributed by atoms with E-state index in [0.29, 0.717) is 5.15 Å². The van der Waals surface area contributed by atoms with E-state index in [1.807, 2.05) is 13.0 Å². The summed E-state index contributed by atoms with van der Waals surface area (Å²) in [5, 5.41) is 5.94. The van der Waals surface area contributed by atoms with Gasteiger partial charge in [-0.1, -0.05) is 17.7 Å². The molecule has 0 radical (unpaired) electrons. The highest BCUT2D eigenvalue weighted by Gasteiger charge is 2.00. The monoisotopic (exact) mass is 238 g/mol. The highest BCUT2D eigenvalue weighted by molar-refractivity contribution is 7.09. The zero-order valence-corrected chi connectivity index (χ0v) is 9.90. The SMILES string of the molecule is Cc1cc(Cl)ncc1NCc1cccs1. The quantitative estimate of drug-likeness (QED) is 0.825.